The fraction of sp³-hybridized carbons (Fsp3) is 0.500. The molecule has 1 saturated carbocycles. The maximum atomic E-state index is 5.56. The number of fused-ring (bicyclic) bond motifs is 1. The zero-order chi connectivity index (χ0) is 23.9. The van der Waals surface area contributed by atoms with Crippen LogP contribution in [0.5, 0.6) is 5.75 Å². The third-order valence-electron chi connectivity index (χ3n) is 7.36. The molecule has 0 aromatic carbocycles. The van der Waals surface area contributed by atoms with Crippen molar-refractivity contribution in [2.75, 3.05) is 26.7 Å². The average molecular weight is 473 g/mol. The summed E-state index contributed by atoms with van der Waals surface area (Å²) in [6.07, 6.45) is 12.5. The molecule has 5 heterocycles. The van der Waals surface area contributed by atoms with Crippen molar-refractivity contribution < 1.29 is 4.74 Å². The van der Waals surface area contributed by atoms with E-state index >= 15 is 0 Å². The number of hydrogen-bond donors (Lipinski definition) is 1. The van der Waals surface area contributed by atoms with E-state index < -0.39 is 0 Å². The van der Waals surface area contributed by atoms with Crippen molar-refractivity contribution >= 4 is 5.65 Å². The minimum Gasteiger partial charge on any atom is -0.493 e. The number of hydrogen-bond acceptors (Lipinski definition) is 7. The second kappa shape index (κ2) is 9.03. The van der Waals surface area contributed by atoms with Crippen molar-refractivity contribution in [1.29, 1.82) is 0 Å². The van der Waals surface area contributed by atoms with Crippen LogP contribution in [0.3, 0.4) is 0 Å². The Kier molecular flexibility index (Phi) is 5.72. The number of nitrogens with zero attached hydrogens (tertiary/aromatic N) is 7. The van der Waals surface area contributed by atoms with Crippen LogP contribution in [0.15, 0.2) is 31.0 Å². The van der Waals surface area contributed by atoms with Gasteiger partial charge in [0.15, 0.2) is 11.4 Å². The summed E-state index contributed by atoms with van der Waals surface area (Å²) in [5.74, 6) is 2.35. The van der Waals surface area contributed by atoms with Gasteiger partial charge in [-0.2, -0.15) is 10.2 Å². The topological polar surface area (TPSA) is 97.1 Å². The molecule has 6 rings (SSSR count). The maximum Gasteiger partial charge on any atom is 0.197 e. The average Bonchev–Trinajstić information content (AvgIpc) is 3.38. The molecule has 0 bridgehead atoms. The summed E-state index contributed by atoms with van der Waals surface area (Å²) >= 11 is 0. The lowest BCUT2D eigenvalue weighted by atomic mass is 9.93. The van der Waals surface area contributed by atoms with Crippen molar-refractivity contribution in [1.82, 2.24) is 39.7 Å². The van der Waals surface area contributed by atoms with Crippen molar-refractivity contribution in [2.24, 2.45) is 5.92 Å². The minimum atomic E-state index is 0.230. The standard InChI is InChI=1S/C26H32N8O/c1-16(2)23-24(19-10-22(35-3)26-29-15-30-34(26)14-19)31-32-25(23)21-12-27-20(11-28-21)18-6-8-33(9-7-18)13-17-4-5-17/h10-12,14-18H,4-9,13H2,1-3H3,(H,31,32). The van der Waals surface area contributed by atoms with E-state index in [4.69, 9.17) is 14.7 Å². The Bertz CT molecular complexity index is 1310. The van der Waals surface area contributed by atoms with E-state index in [2.05, 4.69) is 39.0 Å². The Morgan fingerprint density at radius 3 is 2.60 bits per heavy atom. The molecule has 0 atom stereocenters. The van der Waals surface area contributed by atoms with Crippen LogP contribution in [-0.2, 0) is 0 Å². The molecule has 1 aliphatic heterocycles. The molecule has 0 spiro atoms. The monoisotopic (exact) mass is 472 g/mol. The van der Waals surface area contributed by atoms with Crippen molar-refractivity contribution in [2.45, 2.75) is 51.4 Å². The van der Waals surface area contributed by atoms with Crippen LogP contribution in [0, 0.1) is 5.92 Å². The van der Waals surface area contributed by atoms with E-state index in [9.17, 15) is 0 Å². The maximum absolute atomic E-state index is 5.56. The summed E-state index contributed by atoms with van der Waals surface area (Å²) in [7, 11) is 1.64. The highest BCUT2D eigenvalue weighted by molar-refractivity contribution is 5.75. The smallest absolute Gasteiger partial charge is 0.197 e. The molecule has 9 nitrogen and oxygen atoms in total. The first-order chi connectivity index (χ1) is 17.1. The first kappa shape index (κ1) is 22.2. The molecule has 9 heteroatoms. The number of ether oxygens (including phenoxy) is 1. The lowest BCUT2D eigenvalue weighted by Crippen LogP contribution is -2.34. The summed E-state index contributed by atoms with van der Waals surface area (Å²) < 4.78 is 7.28. The molecular weight excluding hydrogens is 440 g/mol. The summed E-state index contributed by atoms with van der Waals surface area (Å²) in [4.78, 5) is 16.6. The lowest BCUT2D eigenvalue weighted by Gasteiger charge is -2.31. The second-order valence-corrected chi connectivity index (χ2v) is 10.2. The summed E-state index contributed by atoms with van der Waals surface area (Å²) in [5.41, 5.74) is 6.38. The summed E-state index contributed by atoms with van der Waals surface area (Å²) in [5, 5.41) is 12.2. The van der Waals surface area contributed by atoms with Gasteiger partial charge < -0.3 is 9.64 Å². The fourth-order valence-corrected chi connectivity index (χ4v) is 5.26. The molecule has 2 fully saturated rings. The van der Waals surface area contributed by atoms with Gasteiger partial charge in [-0.3, -0.25) is 15.1 Å². The van der Waals surface area contributed by atoms with Crippen molar-refractivity contribution in [3.05, 3.63) is 42.2 Å². The van der Waals surface area contributed by atoms with Gasteiger partial charge in [-0.25, -0.2) is 9.50 Å². The third-order valence-corrected chi connectivity index (χ3v) is 7.36. The van der Waals surface area contributed by atoms with Crippen LogP contribution in [0.1, 0.15) is 62.6 Å². The highest BCUT2D eigenvalue weighted by Crippen LogP contribution is 2.37. The molecule has 0 amide bonds. The van der Waals surface area contributed by atoms with Crippen molar-refractivity contribution in [3.63, 3.8) is 0 Å². The molecule has 4 aromatic rings. The normalized spacial score (nSPS) is 17.5. The number of H-pyrrole nitrogens is 1. The first-order valence-corrected chi connectivity index (χ1v) is 12.6. The van der Waals surface area contributed by atoms with Gasteiger partial charge in [-0.15, -0.1) is 0 Å². The van der Waals surface area contributed by atoms with E-state index in [1.54, 1.807) is 11.6 Å². The second-order valence-electron chi connectivity index (χ2n) is 10.2. The van der Waals surface area contributed by atoms with Gasteiger partial charge in [-0.1, -0.05) is 13.8 Å². The number of piperidine rings is 1. The SMILES string of the molecule is COc1cc(-c2[nH]nc(-c3cnc(C4CCN(CC5CC5)CC4)cn3)c2C(C)C)cn2ncnc12. The Morgan fingerprint density at radius 2 is 1.91 bits per heavy atom. The van der Waals surface area contributed by atoms with Gasteiger partial charge in [0.25, 0.3) is 0 Å². The number of methoxy groups -OCH3 is 1. The van der Waals surface area contributed by atoms with Crippen LogP contribution >= 0.6 is 0 Å². The van der Waals surface area contributed by atoms with Gasteiger partial charge in [0.2, 0.25) is 0 Å². The Hall–Kier alpha value is -3.33. The molecule has 1 N–H and O–H groups in total. The minimum absolute atomic E-state index is 0.230. The highest BCUT2D eigenvalue weighted by Gasteiger charge is 2.28. The van der Waals surface area contributed by atoms with Crippen LogP contribution in [0.25, 0.3) is 28.3 Å². The molecule has 0 radical (unpaired) electrons. The lowest BCUT2D eigenvalue weighted by molar-refractivity contribution is 0.203. The quantitative estimate of drug-likeness (QED) is 0.428. The molecule has 35 heavy (non-hydrogen) atoms. The first-order valence-electron chi connectivity index (χ1n) is 12.6. The largest absolute Gasteiger partial charge is 0.493 e. The highest BCUT2D eigenvalue weighted by atomic mass is 16.5. The molecule has 4 aromatic heterocycles. The number of rotatable bonds is 7. The fourth-order valence-electron chi connectivity index (χ4n) is 5.26. The van der Waals surface area contributed by atoms with Gasteiger partial charge in [0.1, 0.15) is 17.7 Å². The molecule has 182 valence electrons. The number of aromatic nitrogens is 7. The Labute approximate surface area is 205 Å². The van der Waals surface area contributed by atoms with Gasteiger partial charge >= 0.3 is 0 Å². The zero-order valence-electron chi connectivity index (χ0n) is 20.6. The van der Waals surface area contributed by atoms with E-state index in [0.29, 0.717) is 17.3 Å². The van der Waals surface area contributed by atoms with E-state index in [0.717, 1.165) is 52.7 Å². The van der Waals surface area contributed by atoms with Gasteiger partial charge in [0, 0.05) is 36.0 Å². The predicted octanol–water partition coefficient (Wildman–Crippen LogP) is 4.30. The molecule has 0 unspecified atom stereocenters. The van der Waals surface area contributed by atoms with Crippen LogP contribution < -0.4 is 4.74 Å². The van der Waals surface area contributed by atoms with Crippen LogP contribution in [-0.4, -0.2) is 66.4 Å². The molecule has 1 saturated heterocycles. The number of likely N-dealkylation sites (tertiary alicyclic amines) is 1. The van der Waals surface area contributed by atoms with Crippen molar-refractivity contribution in [3.8, 4) is 28.4 Å². The number of pyridine rings is 1. The van der Waals surface area contributed by atoms with E-state index in [1.807, 2.05) is 24.7 Å². The third kappa shape index (κ3) is 4.29. The van der Waals surface area contributed by atoms with Gasteiger partial charge in [-0.05, 0) is 56.7 Å². The molecule has 1 aliphatic carbocycles. The van der Waals surface area contributed by atoms with Gasteiger partial charge in [0.05, 0.1) is 24.7 Å². The van der Waals surface area contributed by atoms with E-state index in [-0.39, 0.29) is 5.92 Å². The summed E-state index contributed by atoms with van der Waals surface area (Å²) in [6.45, 7) is 7.96. The molecule has 2 aliphatic rings. The number of nitrogens with one attached hydrogen (secondary N) is 1. The Balaban J connectivity index is 1.26. The van der Waals surface area contributed by atoms with Crippen LogP contribution in [0.4, 0.5) is 0 Å². The van der Waals surface area contributed by atoms with Crippen LogP contribution in [0.2, 0.25) is 0 Å². The Morgan fingerprint density at radius 1 is 1.09 bits per heavy atom. The predicted molar refractivity (Wildman–Crippen MR) is 133 cm³/mol. The summed E-state index contributed by atoms with van der Waals surface area (Å²) in [6, 6.07) is 1.97. The molecular formula is C26H32N8O. The number of aromatic amines is 1. The van der Waals surface area contributed by atoms with E-state index in [1.165, 1.54) is 38.8 Å². The zero-order valence-corrected chi connectivity index (χ0v) is 20.6.